The van der Waals surface area contributed by atoms with Gasteiger partial charge in [0.25, 0.3) is 0 Å². The van der Waals surface area contributed by atoms with Gasteiger partial charge in [0.2, 0.25) is 0 Å². The summed E-state index contributed by atoms with van der Waals surface area (Å²) in [4.78, 5) is 10.7. The molecule has 0 heterocycles. The molecule has 2 saturated carbocycles. The maximum Gasteiger partial charge on any atom is 0.384 e. The fraction of sp³-hybridized carbons (Fsp3) is 0.588. The molecule has 0 aromatic carbocycles. The SMILES string of the molecule is COC(=O)C#CCCCC#CCCC1CC1=C1CC1. The van der Waals surface area contributed by atoms with Crippen molar-refractivity contribution in [2.75, 3.05) is 7.11 Å². The Kier molecular flexibility index (Phi) is 5.10. The number of carbonyl (C=O) groups is 1. The number of hydrogen-bond acceptors (Lipinski definition) is 2. The maximum atomic E-state index is 10.7. The summed E-state index contributed by atoms with van der Waals surface area (Å²) in [7, 11) is 1.34. The summed E-state index contributed by atoms with van der Waals surface area (Å²) >= 11 is 0. The van der Waals surface area contributed by atoms with E-state index in [4.69, 9.17) is 0 Å². The average molecular weight is 256 g/mol. The topological polar surface area (TPSA) is 26.3 Å². The molecule has 2 aliphatic rings. The Bertz CT molecular complexity index is 485. The highest BCUT2D eigenvalue weighted by atomic mass is 16.5. The Hall–Kier alpha value is -1.67. The number of esters is 1. The highest BCUT2D eigenvalue weighted by Crippen LogP contribution is 2.50. The second-order valence-electron chi connectivity index (χ2n) is 5.07. The largest absolute Gasteiger partial charge is 0.459 e. The van der Waals surface area contributed by atoms with Crippen LogP contribution in [0.15, 0.2) is 11.1 Å². The van der Waals surface area contributed by atoms with Crippen LogP contribution in [0.25, 0.3) is 0 Å². The van der Waals surface area contributed by atoms with Crippen LogP contribution in [0, 0.1) is 29.6 Å². The van der Waals surface area contributed by atoms with Crippen molar-refractivity contribution < 1.29 is 9.53 Å². The molecule has 19 heavy (non-hydrogen) atoms. The van der Waals surface area contributed by atoms with Crippen LogP contribution >= 0.6 is 0 Å². The van der Waals surface area contributed by atoms with Crippen molar-refractivity contribution in [3.63, 3.8) is 0 Å². The van der Waals surface area contributed by atoms with E-state index in [1.165, 1.54) is 32.8 Å². The van der Waals surface area contributed by atoms with E-state index in [-0.39, 0.29) is 0 Å². The number of carbonyl (C=O) groups excluding carboxylic acids is 1. The van der Waals surface area contributed by atoms with Gasteiger partial charge in [-0.1, -0.05) is 17.1 Å². The molecule has 2 fully saturated rings. The van der Waals surface area contributed by atoms with Gasteiger partial charge in [0, 0.05) is 25.2 Å². The zero-order chi connectivity index (χ0) is 13.5. The summed E-state index contributed by atoms with van der Waals surface area (Å²) in [5, 5.41) is 0. The summed E-state index contributed by atoms with van der Waals surface area (Å²) in [6.07, 6.45) is 8.85. The van der Waals surface area contributed by atoms with Crippen molar-refractivity contribution in [3.05, 3.63) is 11.1 Å². The quantitative estimate of drug-likeness (QED) is 0.254. The van der Waals surface area contributed by atoms with Crippen molar-refractivity contribution in [3.8, 4) is 23.7 Å². The lowest BCUT2D eigenvalue weighted by atomic mass is 10.2. The molecule has 2 heteroatoms. The van der Waals surface area contributed by atoms with Gasteiger partial charge >= 0.3 is 5.97 Å². The lowest BCUT2D eigenvalue weighted by Crippen LogP contribution is -1.93. The highest BCUT2D eigenvalue weighted by Gasteiger charge is 2.34. The van der Waals surface area contributed by atoms with Crippen molar-refractivity contribution in [2.24, 2.45) is 5.92 Å². The smallest absolute Gasteiger partial charge is 0.384 e. The molecule has 2 nitrogen and oxygen atoms in total. The molecule has 0 amide bonds. The second kappa shape index (κ2) is 7.05. The molecule has 0 N–H and O–H groups in total. The average Bonchev–Trinajstić information content (AvgIpc) is 3.27. The van der Waals surface area contributed by atoms with E-state index in [1.807, 2.05) is 0 Å². The second-order valence-corrected chi connectivity index (χ2v) is 5.07. The fourth-order valence-electron chi connectivity index (χ4n) is 2.17. The molecule has 1 unspecified atom stereocenters. The number of unbranched alkanes of at least 4 members (excludes halogenated alkanes) is 2. The zero-order valence-corrected chi connectivity index (χ0v) is 11.6. The molecule has 0 spiro atoms. The van der Waals surface area contributed by atoms with Crippen LogP contribution in [0.2, 0.25) is 0 Å². The van der Waals surface area contributed by atoms with Gasteiger partial charge in [-0.25, -0.2) is 4.79 Å². The van der Waals surface area contributed by atoms with Gasteiger partial charge in [0.15, 0.2) is 0 Å². The molecule has 1 atom stereocenters. The normalized spacial score (nSPS) is 18.9. The summed E-state index contributed by atoms with van der Waals surface area (Å²) in [5.74, 6) is 12.0. The van der Waals surface area contributed by atoms with Crippen LogP contribution in [-0.2, 0) is 9.53 Å². The number of allylic oxidation sites excluding steroid dienone is 2. The van der Waals surface area contributed by atoms with E-state index in [2.05, 4.69) is 28.4 Å². The summed E-state index contributed by atoms with van der Waals surface area (Å²) in [6, 6.07) is 0. The maximum absolute atomic E-state index is 10.7. The lowest BCUT2D eigenvalue weighted by molar-refractivity contribution is -0.133. The number of rotatable bonds is 4. The minimum absolute atomic E-state index is 0.462. The minimum atomic E-state index is -0.462. The Morgan fingerprint density at radius 1 is 1.21 bits per heavy atom. The molecule has 2 aliphatic carbocycles. The summed E-state index contributed by atoms with van der Waals surface area (Å²) < 4.78 is 4.42. The van der Waals surface area contributed by atoms with Gasteiger partial charge < -0.3 is 4.74 Å². The summed E-state index contributed by atoms with van der Waals surface area (Å²) in [6.45, 7) is 0. The molecular weight excluding hydrogens is 236 g/mol. The predicted octanol–water partition coefficient (Wildman–Crippen LogP) is 3.23. The molecule has 2 rings (SSSR count). The number of ether oxygens (including phenoxy) is 1. The van der Waals surface area contributed by atoms with Crippen LogP contribution in [0.5, 0.6) is 0 Å². The molecule has 0 radical (unpaired) electrons. The van der Waals surface area contributed by atoms with Gasteiger partial charge in [-0.15, -0.1) is 11.8 Å². The molecule has 100 valence electrons. The van der Waals surface area contributed by atoms with E-state index >= 15 is 0 Å². The Labute approximate surface area is 115 Å². The van der Waals surface area contributed by atoms with Crippen molar-refractivity contribution >= 4 is 5.97 Å². The molecule has 0 aromatic heterocycles. The number of hydrogen-bond donors (Lipinski definition) is 0. The number of methoxy groups -OCH3 is 1. The van der Waals surface area contributed by atoms with E-state index in [0.29, 0.717) is 6.42 Å². The molecule has 0 aromatic rings. The van der Waals surface area contributed by atoms with Gasteiger partial charge in [-0.05, 0) is 38.0 Å². The third-order valence-corrected chi connectivity index (χ3v) is 3.48. The van der Waals surface area contributed by atoms with Crippen LogP contribution < -0.4 is 0 Å². The van der Waals surface area contributed by atoms with Crippen LogP contribution in [-0.4, -0.2) is 13.1 Å². The first-order chi connectivity index (χ1) is 9.31. The van der Waals surface area contributed by atoms with Crippen LogP contribution in [0.3, 0.4) is 0 Å². The third-order valence-electron chi connectivity index (χ3n) is 3.48. The van der Waals surface area contributed by atoms with Gasteiger partial charge in [-0.3, -0.25) is 0 Å². The highest BCUT2D eigenvalue weighted by molar-refractivity contribution is 5.88. The molecule has 0 bridgehead atoms. The first-order valence-corrected chi connectivity index (χ1v) is 7.04. The van der Waals surface area contributed by atoms with Crippen molar-refractivity contribution in [1.29, 1.82) is 0 Å². The van der Waals surface area contributed by atoms with E-state index in [1.54, 1.807) is 11.1 Å². The lowest BCUT2D eigenvalue weighted by Gasteiger charge is -1.88. The van der Waals surface area contributed by atoms with E-state index in [9.17, 15) is 4.79 Å². The van der Waals surface area contributed by atoms with Gasteiger partial charge in [0.1, 0.15) is 0 Å². The molecular formula is C17H20O2. The van der Waals surface area contributed by atoms with Gasteiger partial charge in [-0.2, -0.15) is 0 Å². The predicted molar refractivity (Wildman–Crippen MR) is 75.0 cm³/mol. The first kappa shape index (κ1) is 13.8. The molecule has 0 saturated heterocycles. The Balaban J connectivity index is 1.47. The van der Waals surface area contributed by atoms with E-state index in [0.717, 1.165) is 25.2 Å². The fourth-order valence-corrected chi connectivity index (χ4v) is 2.17. The molecule has 0 aliphatic heterocycles. The minimum Gasteiger partial charge on any atom is -0.459 e. The van der Waals surface area contributed by atoms with Crippen LogP contribution in [0.1, 0.15) is 51.4 Å². The van der Waals surface area contributed by atoms with Gasteiger partial charge in [0.05, 0.1) is 7.11 Å². The van der Waals surface area contributed by atoms with Crippen LogP contribution in [0.4, 0.5) is 0 Å². The Morgan fingerprint density at radius 2 is 1.95 bits per heavy atom. The van der Waals surface area contributed by atoms with E-state index < -0.39 is 5.97 Å². The standard InChI is InChI=1S/C17H20O2/c1-19-17(18)10-8-6-4-2-3-5-7-9-15-13-16(15)14-11-12-14/h15H,2,4,6-7,9,11-13H2,1H3. The Morgan fingerprint density at radius 3 is 2.68 bits per heavy atom. The summed E-state index contributed by atoms with van der Waals surface area (Å²) in [5.41, 5.74) is 3.49. The van der Waals surface area contributed by atoms with Crippen molar-refractivity contribution in [2.45, 2.75) is 51.4 Å². The zero-order valence-electron chi connectivity index (χ0n) is 11.6. The monoisotopic (exact) mass is 256 g/mol. The third kappa shape index (κ3) is 5.23. The van der Waals surface area contributed by atoms with Crippen molar-refractivity contribution in [1.82, 2.24) is 0 Å². The first-order valence-electron chi connectivity index (χ1n) is 7.04.